The number of hydrogen-bond donors (Lipinski definition) is 1. The van der Waals surface area contributed by atoms with Gasteiger partial charge in [0.1, 0.15) is 0 Å². The van der Waals surface area contributed by atoms with Crippen molar-refractivity contribution in [3.8, 4) is 11.6 Å². The summed E-state index contributed by atoms with van der Waals surface area (Å²) in [6, 6.07) is 15.7. The molecule has 0 saturated heterocycles. The maximum Gasteiger partial charge on any atom is 0.338 e. The number of para-hydroxylation sites is 1. The second-order valence-corrected chi connectivity index (χ2v) is 7.71. The second-order valence-electron chi connectivity index (χ2n) is 6.63. The summed E-state index contributed by atoms with van der Waals surface area (Å²) in [5.41, 5.74) is 1.72. The Hall–Kier alpha value is -3.33. The lowest BCUT2D eigenvalue weighted by Gasteiger charge is -2.07. The number of aromatic nitrogens is 2. The minimum atomic E-state index is -0.546. The van der Waals surface area contributed by atoms with E-state index in [0.717, 1.165) is 12.8 Å². The first-order valence-electron chi connectivity index (χ1n) is 9.92. The molecule has 1 heterocycles. The van der Waals surface area contributed by atoms with Gasteiger partial charge >= 0.3 is 5.97 Å². The molecule has 0 saturated carbocycles. The van der Waals surface area contributed by atoms with E-state index in [1.165, 1.54) is 16.4 Å². The van der Waals surface area contributed by atoms with Gasteiger partial charge < -0.3 is 19.7 Å². The van der Waals surface area contributed by atoms with Crippen LogP contribution in [-0.2, 0) is 9.53 Å². The molecule has 1 amide bonds. The number of unbranched alkanes of at least 4 members (excludes halogenated alkanes) is 1. The molecule has 0 bridgehead atoms. The van der Waals surface area contributed by atoms with E-state index in [4.69, 9.17) is 9.26 Å². The van der Waals surface area contributed by atoms with E-state index in [0.29, 0.717) is 34.3 Å². The molecule has 1 N–H and O–H groups in total. The maximum absolute atomic E-state index is 12.2. The van der Waals surface area contributed by atoms with Crippen molar-refractivity contribution in [3.63, 3.8) is 0 Å². The highest BCUT2D eigenvalue weighted by molar-refractivity contribution is 7.99. The Kier molecular flexibility index (Phi) is 8.05. The van der Waals surface area contributed by atoms with E-state index in [9.17, 15) is 14.7 Å². The SMILES string of the molecule is CCCCOC(=O)c1ccc(NC(=O)CCSc2c([O-])on[n+]2-c2ccccc2)cc1. The van der Waals surface area contributed by atoms with Gasteiger partial charge in [-0.25, -0.2) is 4.79 Å². The van der Waals surface area contributed by atoms with Gasteiger partial charge in [-0.2, -0.15) is 0 Å². The summed E-state index contributed by atoms with van der Waals surface area (Å²) in [5, 5.41) is 18.8. The van der Waals surface area contributed by atoms with Crippen LogP contribution in [0.2, 0.25) is 0 Å². The lowest BCUT2D eigenvalue weighted by Crippen LogP contribution is -2.34. The van der Waals surface area contributed by atoms with Crippen molar-refractivity contribution in [2.24, 2.45) is 0 Å². The van der Waals surface area contributed by atoms with Gasteiger partial charge in [-0.05, 0) is 35.4 Å². The zero-order valence-electron chi connectivity index (χ0n) is 17.1. The van der Waals surface area contributed by atoms with Crippen LogP contribution in [-0.4, -0.2) is 29.5 Å². The molecule has 0 aliphatic rings. The Balaban J connectivity index is 1.49. The number of nitrogens with one attached hydrogen (secondary N) is 1. The molecule has 3 aromatic rings. The van der Waals surface area contributed by atoms with Crippen LogP contribution in [0, 0.1) is 0 Å². The molecule has 0 atom stereocenters. The average Bonchev–Trinajstić information content (AvgIpc) is 3.15. The van der Waals surface area contributed by atoms with Crippen LogP contribution in [0.15, 0.2) is 64.1 Å². The summed E-state index contributed by atoms with van der Waals surface area (Å²) in [7, 11) is 0. The summed E-state index contributed by atoms with van der Waals surface area (Å²) in [5.74, 6) is -0.759. The highest BCUT2D eigenvalue weighted by Gasteiger charge is 2.21. The number of anilines is 1. The molecule has 0 fully saturated rings. The van der Waals surface area contributed by atoms with Gasteiger partial charge in [-0.15, -0.1) is 0 Å². The predicted octanol–water partition coefficient (Wildman–Crippen LogP) is 3.10. The minimum absolute atomic E-state index is 0.185. The van der Waals surface area contributed by atoms with Gasteiger partial charge in [0, 0.05) is 30.0 Å². The van der Waals surface area contributed by atoms with E-state index in [2.05, 4.69) is 10.6 Å². The molecule has 31 heavy (non-hydrogen) atoms. The number of amides is 1. The van der Waals surface area contributed by atoms with Crippen molar-refractivity contribution in [1.82, 2.24) is 5.27 Å². The minimum Gasteiger partial charge on any atom is -0.538 e. The van der Waals surface area contributed by atoms with Crippen LogP contribution in [0.4, 0.5) is 5.69 Å². The highest BCUT2D eigenvalue weighted by atomic mass is 32.2. The monoisotopic (exact) mass is 441 g/mol. The average molecular weight is 442 g/mol. The molecule has 1 aromatic heterocycles. The van der Waals surface area contributed by atoms with Crippen LogP contribution in [0.25, 0.3) is 5.69 Å². The molecular formula is C22H23N3O5S. The third-order valence-electron chi connectivity index (χ3n) is 4.28. The van der Waals surface area contributed by atoms with Crippen LogP contribution in [0.3, 0.4) is 0 Å². The highest BCUT2D eigenvalue weighted by Crippen LogP contribution is 2.24. The van der Waals surface area contributed by atoms with E-state index >= 15 is 0 Å². The number of ether oxygens (including phenoxy) is 1. The topological polar surface area (TPSA) is 108 Å². The number of carbonyl (C=O) groups is 2. The Bertz CT molecular complexity index is 1010. The Morgan fingerprint density at radius 2 is 1.90 bits per heavy atom. The van der Waals surface area contributed by atoms with Crippen molar-refractivity contribution in [2.45, 2.75) is 31.2 Å². The fourth-order valence-electron chi connectivity index (χ4n) is 2.64. The largest absolute Gasteiger partial charge is 0.538 e. The standard InChI is InChI=1S/C22H23N3O5S/c1-2-3-14-29-21(27)16-9-11-17(12-10-16)23-19(26)13-15-31-20-22(28)30-24-25(20)18-7-5-4-6-8-18/h4-12H,2-3,13-15H2,1H3,(H-,23,24,26,27,28). The number of rotatable bonds is 10. The number of thioether (sulfide) groups is 1. The van der Waals surface area contributed by atoms with Crippen molar-refractivity contribution < 1.29 is 28.6 Å². The van der Waals surface area contributed by atoms with Gasteiger partial charge in [0.05, 0.1) is 17.4 Å². The third-order valence-corrected chi connectivity index (χ3v) is 5.30. The quantitative estimate of drug-likeness (QED) is 0.223. The summed E-state index contributed by atoms with van der Waals surface area (Å²) in [4.78, 5) is 24.1. The first-order chi connectivity index (χ1) is 15.1. The van der Waals surface area contributed by atoms with E-state index in [1.54, 1.807) is 24.3 Å². The predicted molar refractivity (Wildman–Crippen MR) is 113 cm³/mol. The first-order valence-corrected chi connectivity index (χ1v) is 10.9. The Morgan fingerprint density at radius 3 is 2.61 bits per heavy atom. The van der Waals surface area contributed by atoms with Crippen LogP contribution < -0.4 is 15.1 Å². The fraction of sp³-hybridized carbons (Fsp3) is 0.273. The lowest BCUT2D eigenvalue weighted by atomic mass is 10.2. The molecule has 9 heteroatoms. The second kappa shape index (κ2) is 11.2. The number of carbonyl (C=O) groups excluding carboxylic acids is 2. The molecular weight excluding hydrogens is 418 g/mol. The van der Waals surface area contributed by atoms with Gasteiger partial charge in [-0.1, -0.05) is 43.3 Å². The van der Waals surface area contributed by atoms with Crippen LogP contribution >= 0.6 is 11.8 Å². The van der Waals surface area contributed by atoms with Crippen molar-refractivity contribution >= 4 is 29.3 Å². The van der Waals surface area contributed by atoms with Gasteiger partial charge in [0.2, 0.25) is 11.6 Å². The third kappa shape index (κ3) is 6.32. The summed E-state index contributed by atoms with van der Waals surface area (Å²) < 4.78 is 11.3. The molecule has 0 unspecified atom stereocenters. The zero-order valence-corrected chi connectivity index (χ0v) is 17.9. The Morgan fingerprint density at radius 1 is 1.16 bits per heavy atom. The number of esters is 1. The zero-order chi connectivity index (χ0) is 22.1. The van der Waals surface area contributed by atoms with Crippen molar-refractivity contribution in [2.75, 3.05) is 17.7 Å². The first kappa shape index (κ1) is 22.4. The number of nitrogens with zero attached hydrogens (tertiary/aromatic N) is 2. The van der Waals surface area contributed by atoms with Gasteiger partial charge in [-0.3, -0.25) is 4.79 Å². The van der Waals surface area contributed by atoms with Crippen molar-refractivity contribution in [1.29, 1.82) is 0 Å². The smallest absolute Gasteiger partial charge is 0.338 e. The fourth-order valence-corrected chi connectivity index (χ4v) is 3.54. The molecule has 2 aromatic carbocycles. The van der Waals surface area contributed by atoms with E-state index < -0.39 is 5.95 Å². The van der Waals surface area contributed by atoms with E-state index in [1.807, 2.05) is 37.3 Å². The van der Waals surface area contributed by atoms with Crippen LogP contribution in [0.5, 0.6) is 5.95 Å². The molecule has 162 valence electrons. The van der Waals surface area contributed by atoms with Crippen LogP contribution in [0.1, 0.15) is 36.5 Å². The number of benzene rings is 2. The lowest BCUT2D eigenvalue weighted by molar-refractivity contribution is -0.705. The Labute approximate surface area is 184 Å². The van der Waals surface area contributed by atoms with Gasteiger partial charge in [0.25, 0.3) is 5.03 Å². The summed E-state index contributed by atoms with van der Waals surface area (Å²) >= 11 is 1.20. The van der Waals surface area contributed by atoms with Gasteiger partial charge in [0.15, 0.2) is 5.95 Å². The maximum atomic E-state index is 12.2. The molecule has 0 radical (unpaired) electrons. The molecule has 0 aliphatic heterocycles. The summed E-state index contributed by atoms with van der Waals surface area (Å²) in [6.45, 7) is 2.42. The van der Waals surface area contributed by atoms with E-state index in [-0.39, 0.29) is 18.3 Å². The molecule has 0 spiro atoms. The molecule has 8 nitrogen and oxygen atoms in total. The summed E-state index contributed by atoms with van der Waals surface area (Å²) in [6.07, 6.45) is 1.97. The number of hydrogen-bond acceptors (Lipinski definition) is 7. The normalized spacial score (nSPS) is 10.6. The van der Waals surface area contributed by atoms with Crippen molar-refractivity contribution in [3.05, 3.63) is 60.2 Å². The molecule has 0 aliphatic carbocycles. The molecule has 3 rings (SSSR count).